The molecule has 1 fully saturated rings. The van der Waals surface area contributed by atoms with E-state index < -0.39 is 11.6 Å². The SMILES string of the molecule is N[C@H](CC1CC1)c1ccc(F)c(F)c1. The summed E-state index contributed by atoms with van der Waals surface area (Å²) in [5.41, 5.74) is 6.56. The highest BCUT2D eigenvalue weighted by atomic mass is 19.2. The molecule has 14 heavy (non-hydrogen) atoms. The molecule has 1 nitrogen and oxygen atoms in total. The fraction of sp³-hybridized carbons (Fsp3) is 0.455. The van der Waals surface area contributed by atoms with Gasteiger partial charge >= 0.3 is 0 Å². The van der Waals surface area contributed by atoms with Crippen molar-refractivity contribution in [1.29, 1.82) is 0 Å². The molecule has 1 aromatic rings. The quantitative estimate of drug-likeness (QED) is 0.792. The van der Waals surface area contributed by atoms with Crippen LogP contribution in [-0.2, 0) is 0 Å². The van der Waals surface area contributed by atoms with Gasteiger partial charge in [0.1, 0.15) is 0 Å². The molecule has 0 unspecified atom stereocenters. The average molecular weight is 197 g/mol. The first-order chi connectivity index (χ1) is 6.66. The van der Waals surface area contributed by atoms with Crippen molar-refractivity contribution in [3.05, 3.63) is 35.4 Å². The minimum absolute atomic E-state index is 0.155. The van der Waals surface area contributed by atoms with Crippen LogP contribution in [0.2, 0.25) is 0 Å². The molecule has 76 valence electrons. The van der Waals surface area contributed by atoms with E-state index in [4.69, 9.17) is 5.73 Å². The molecule has 3 heteroatoms. The third-order valence-corrected chi connectivity index (χ3v) is 2.66. The lowest BCUT2D eigenvalue weighted by Gasteiger charge is -2.11. The van der Waals surface area contributed by atoms with E-state index >= 15 is 0 Å². The summed E-state index contributed by atoms with van der Waals surface area (Å²) >= 11 is 0. The fourth-order valence-corrected chi connectivity index (χ4v) is 1.59. The maximum Gasteiger partial charge on any atom is 0.159 e. The zero-order valence-electron chi connectivity index (χ0n) is 7.84. The molecule has 0 aromatic heterocycles. The van der Waals surface area contributed by atoms with E-state index in [9.17, 15) is 8.78 Å². The van der Waals surface area contributed by atoms with Crippen LogP contribution < -0.4 is 5.73 Å². The normalized spacial score (nSPS) is 18.2. The molecule has 2 N–H and O–H groups in total. The second-order valence-electron chi connectivity index (χ2n) is 3.96. The van der Waals surface area contributed by atoms with E-state index in [1.807, 2.05) is 0 Å². The smallest absolute Gasteiger partial charge is 0.159 e. The Kier molecular flexibility index (Phi) is 2.50. The van der Waals surface area contributed by atoms with Crippen LogP contribution in [0, 0.1) is 17.6 Å². The first-order valence-corrected chi connectivity index (χ1v) is 4.87. The molecule has 1 aliphatic rings. The summed E-state index contributed by atoms with van der Waals surface area (Å²) in [5.74, 6) is -0.931. The van der Waals surface area contributed by atoms with Crippen molar-refractivity contribution in [2.75, 3.05) is 0 Å². The molecule has 0 radical (unpaired) electrons. The number of rotatable bonds is 3. The second-order valence-corrected chi connectivity index (χ2v) is 3.96. The van der Waals surface area contributed by atoms with Gasteiger partial charge in [0.25, 0.3) is 0 Å². The van der Waals surface area contributed by atoms with Gasteiger partial charge in [-0.15, -0.1) is 0 Å². The van der Waals surface area contributed by atoms with Gasteiger partial charge in [-0.25, -0.2) is 8.78 Å². The largest absolute Gasteiger partial charge is 0.324 e. The first kappa shape index (κ1) is 9.59. The summed E-state index contributed by atoms with van der Waals surface area (Å²) in [4.78, 5) is 0. The minimum atomic E-state index is -0.813. The van der Waals surface area contributed by atoms with Crippen LogP contribution in [0.4, 0.5) is 8.78 Å². The summed E-state index contributed by atoms with van der Waals surface area (Å²) in [6.45, 7) is 0. The Morgan fingerprint density at radius 1 is 1.29 bits per heavy atom. The Bertz CT molecular complexity index is 334. The first-order valence-electron chi connectivity index (χ1n) is 4.87. The molecule has 1 aromatic carbocycles. The summed E-state index contributed by atoms with van der Waals surface area (Å²) < 4.78 is 25.5. The molecule has 0 saturated heterocycles. The minimum Gasteiger partial charge on any atom is -0.324 e. The van der Waals surface area contributed by atoms with Gasteiger partial charge in [0.15, 0.2) is 11.6 Å². The fourth-order valence-electron chi connectivity index (χ4n) is 1.59. The number of benzene rings is 1. The zero-order chi connectivity index (χ0) is 10.1. The van der Waals surface area contributed by atoms with E-state index in [1.165, 1.54) is 18.9 Å². The van der Waals surface area contributed by atoms with Gasteiger partial charge in [-0.3, -0.25) is 0 Å². The zero-order valence-corrected chi connectivity index (χ0v) is 7.84. The predicted molar refractivity (Wildman–Crippen MR) is 50.6 cm³/mol. The predicted octanol–water partition coefficient (Wildman–Crippen LogP) is 2.76. The Hall–Kier alpha value is -0.960. The van der Waals surface area contributed by atoms with Gasteiger partial charge in [-0.1, -0.05) is 18.9 Å². The topological polar surface area (TPSA) is 26.0 Å². The number of hydrogen-bond acceptors (Lipinski definition) is 1. The highest BCUT2D eigenvalue weighted by molar-refractivity contribution is 5.21. The van der Waals surface area contributed by atoms with E-state index in [-0.39, 0.29) is 6.04 Å². The molecule has 0 amide bonds. The van der Waals surface area contributed by atoms with Crippen LogP contribution >= 0.6 is 0 Å². The molecule has 1 atom stereocenters. The van der Waals surface area contributed by atoms with Crippen molar-refractivity contribution in [1.82, 2.24) is 0 Å². The molecule has 1 saturated carbocycles. The van der Waals surface area contributed by atoms with Crippen LogP contribution in [0.5, 0.6) is 0 Å². The van der Waals surface area contributed by atoms with Crippen LogP contribution in [0.15, 0.2) is 18.2 Å². The number of halogens is 2. The molecular weight excluding hydrogens is 184 g/mol. The van der Waals surface area contributed by atoms with E-state index in [2.05, 4.69) is 0 Å². The van der Waals surface area contributed by atoms with E-state index in [0.29, 0.717) is 11.5 Å². The molecule has 2 rings (SSSR count). The van der Waals surface area contributed by atoms with Gasteiger partial charge in [0.05, 0.1) is 0 Å². The number of nitrogens with two attached hydrogens (primary N) is 1. The summed E-state index contributed by atoms with van der Waals surface area (Å²) in [5, 5.41) is 0. The van der Waals surface area contributed by atoms with Crippen molar-refractivity contribution in [2.45, 2.75) is 25.3 Å². The third kappa shape index (κ3) is 2.10. The lowest BCUT2D eigenvalue weighted by molar-refractivity contribution is 0.502. The van der Waals surface area contributed by atoms with Crippen molar-refractivity contribution in [2.24, 2.45) is 11.7 Å². The van der Waals surface area contributed by atoms with Crippen molar-refractivity contribution in [3.8, 4) is 0 Å². The third-order valence-electron chi connectivity index (χ3n) is 2.66. The maximum atomic E-state index is 12.9. The maximum absolute atomic E-state index is 12.9. The lowest BCUT2D eigenvalue weighted by Crippen LogP contribution is -2.11. The molecule has 0 spiro atoms. The van der Waals surface area contributed by atoms with Crippen molar-refractivity contribution < 1.29 is 8.78 Å². The van der Waals surface area contributed by atoms with Crippen molar-refractivity contribution in [3.63, 3.8) is 0 Å². The standard InChI is InChI=1S/C11H13F2N/c12-9-4-3-8(6-10(9)13)11(14)5-7-1-2-7/h3-4,6-7,11H,1-2,5,14H2/t11-/m1/s1. The summed E-state index contributed by atoms with van der Waals surface area (Å²) in [6.07, 6.45) is 3.32. The van der Waals surface area contributed by atoms with Gasteiger partial charge in [0, 0.05) is 6.04 Å². The van der Waals surface area contributed by atoms with Crippen LogP contribution in [0.25, 0.3) is 0 Å². The highest BCUT2D eigenvalue weighted by Crippen LogP contribution is 2.36. The molecule has 1 aliphatic carbocycles. The van der Waals surface area contributed by atoms with E-state index in [0.717, 1.165) is 12.5 Å². The van der Waals surface area contributed by atoms with Crippen LogP contribution in [0.1, 0.15) is 30.9 Å². The molecule has 0 heterocycles. The van der Waals surface area contributed by atoms with E-state index in [1.54, 1.807) is 6.07 Å². The Balaban J connectivity index is 2.10. The van der Waals surface area contributed by atoms with Crippen LogP contribution in [-0.4, -0.2) is 0 Å². The van der Waals surface area contributed by atoms with Gasteiger partial charge in [0.2, 0.25) is 0 Å². The molecular formula is C11H13F2N. The Morgan fingerprint density at radius 3 is 2.57 bits per heavy atom. The summed E-state index contributed by atoms with van der Waals surface area (Å²) in [6, 6.07) is 3.74. The van der Waals surface area contributed by atoms with Gasteiger partial charge in [-0.05, 0) is 30.0 Å². The Labute approximate surface area is 81.9 Å². The average Bonchev–Trinajstić information content (AvgIpc) is 2.93. The highest BCUT2D eigenvalue weighted by Gasteiger charge is 2.24. The molecule has 0 bridgehead atoms. The van der Waals surface area contributed by atoms with Crippen molar-refractivity contribution >= 4 is 0 Å². The number of hydrogen-bond donors (Lipinski definition) is 1. The lowest BCUT2D eigenvalue weighted by atomic mass is 10.0. The monoisotopic (exact) mass is 197 g/mol. The molecule has 0 aliphatic heterocycles. The van der Waals surface area contributed by atoms with Gasteiger partial charge in [-0.2, -0.15) is 0 Å². The Morgan fingerprint density at radius 2 is 2.00 bits per heavy atom. The van der Waals surface area contributed by atoms with Crippen LogP contribution in [0.3, 0.4) is 0 Å². The second kappa shape index (κ2) is 3.65. The van der Waals surface area contributed by atoms with Gasteiger partial charge < -0.3 is 5.73 Å². The summed E-state index contributed by atoms with van der Waals surface area (Å²) in [7, 11) is 0.